The predicted molar refractivity (Wildman–Crippen MR) is 234 cm³/mol. The summed E-state index contributed by atoms with van der Waals surface area (Å²) in [5.41, 5.74) is 7.73. The number of hydrogen-bond donors (Lipinski definition) is 12. The van der Waals surface area contributed by atoms with Gasteiger partial charge in [0.2, 0.25) is 41.4 Å². The molecule has 0 spiro atoms. The summed E-state index contributed by atoms with van der Waals surface area (Å²) in [5, 5.41) is 55.4. The molecule has 13 N–H and O–H groups in total. The third kappa shape index (κ3) is 19.6. The van der Waals surface area contributed by atoms with Crippen molar-refractivity contribution in [3.63, 3.8) is 0 Å². The number of rotatable bonds is 27. The smallest absolute Gasteiger partial charge is 0.303 e. The van der Waals surface area contributed by atoms with Crippen molar-refractivity contribution in [3.8, 4) is 5.75 Å². The number of aliphatic hydroxyl groups excluding tert-OH is 1. The minimum Gasteiger partial charge on any atom is -0.508 e. The Morgan fingerprint density at radius 2 is 1.11 bits per heavy atom. The number of hydrogen-bond acceptors (Lipinski definition) is 12. The summed E-state index contributed by atoms with van der Waals surface area (Å²) in [6.07, 6.45) is -1.83. The van der Waals surface area contributed by atoms with Gasteiger partial charge in [-0.3, -0.25) is 43.2 Å². The highest BCUT2D eigenvalue weighted by Gasteiger charge is 2.33. The minimum atomic E-state index is -1.73. The summed E-state index contributed by atoms with van der Waals surface area (Å²) in [5.74, 6) is -9.27. The molecule has 2 aromatic rings. The van der Waals surface area contributed by atoms with Gasteiger partial charge in [0.25, 0.3) is 0 Å². The Balaban J connectivity index is 2.18. The molecule has 0 aromatic heterocycles. The van der Waals surface area contributed by atoms with Gasteiger partial charge in [-0.05, 0) is 69.6 Å². The molecule has 0 unspecified atom stereocenters. The van der Waals surface area contributed by atoms with E-state index in [-0.39, 0.29) is 42.3 Å². The highest BCUT2D eigenvalue weighted by Crippen LogP contribution is 2.14. The monoisotopic (exact) mass is 914 g/mol. The van der Waals surface area contributed by atoms with Gasteiger partial charge in [0, 0.05) is 18.4 Å². The molecule has 21 nitrogen and oxygen atoms in total. The average Bonchev–Trinajstić information content (AvgIpc) is 3.23. The van der Waals surface area contributed by atoms with Crippen molar-refractivity contribution in [2.24, 2.45) is 11.7 Å². The van der Waals surface area contributed by atoms with E-state index in [1.807, 2.05) is 19.1 Å². The van der Waals surface area contributed by atoms with E-state index < -0.39 is 122 Å². The first-order chi connectivity index (χ1) is 30.1. The lowest BCUT2D eigenvalue weighted by Crippen LogP contribution is -2.60. The summed E-state index contributed by atoms with van der Waals surface area (Å²) in [7, 11) is 0. The van der Waals surface area contributed by atoms with Crippen molar-refractivity contribution in [1.82, 2.24) is 37.2 Å². The molecule has 0 aliphatic carbocycles. The summed E-state index contributed by atoms with van der Waals surface area (Å²) < 4.78 is 0. The first-order valence-electron chi connectivity index (χ1n) is 20.4. The number of thiocarbonyl (C=S) groups is 1. The number of benzene rings is 2. The zero-order valence-corrected chi connectivity index (χ0v) is 36.8. The molecular formula is C42H58N8O13S. The molecule has 2 rings (SSSR count). The summed E-state index contributed by atoms with van der Waals surface area (Å²) in [6.45, 7) is 5.22. The third-order valence-electron chi connectivity index (χ3n) is 9.53. The minimum absolute atomic E-state index is 0.0145. The van der Waals surface area contributed by atoms with E-state index in [9.17, 15) is 58.5 Å². The van der Waals surface area contributed by atoms with Crippen LogP contribution in [0.3, 0.4) is 0 Å². The van der Waals surface area contributed by atoms with Crippen LogP contribution in [0.4, 0.5) is 0 Å². The second kappa shape index (κ2) is 26.7. The molecule has 2 aromatic carbocycles. The van der Waals surface area contributed by atoms with E-state index in [2.05, 4.69) is 37.2 Å². The molecule has 0 radical (unpaired) electrons. The van der Waals surface area contributed by atoms with Gasteiger partial charge in [0.15, 0.2) is 0 Å². The standard InChI is InChI=1S/C42H58N8O13S/c1-22(2)19-31(40(62)48-30(14-9-25-7-12-27(52)13-8-25)39(61)47-28(36(43)58)15-17-34(54)55)49-41(63)32(21-51)50-38(60)29(16-18-35(56)57)46-33(53)20-44-37(59)24(4)45-42(64)26-10-5-23(3)6-11-26/h5-8,10-13,22,24,28-32,51-52H,9,14-21H2,1-4H3,(H2,43,58)(H,44,59)(H,45,64)(H,46,53)(H,47,61)(H,48,62)(H,49,63)(H,50,60)(H,54,55)(H,56,57)/t24-,28-,29-,30-,31-,32-/m0/s1. The van der Waals surface area contributed by atoms with Crippen molar-refractivity contribution >= 4 is 70.5 Å². The number of aryl methyl sites for hydroxylation is 2. The van der Waals surface area contributed by atoms with Crippen molar-refractivity contribution in [2.75, 3.05) is 13.2 Å². The first-order valence-corrected chi connectivity index (χ1v) is 20.8. The number of carboxylic acid groups (broad SMARTS) is 2. The molecule has 0 saturated carbocycles. The zero-order chi connectivity index (χ0) is 48.1. The Hall–Kier alpha value is -6.68. The van der Waals surface area contributed by atoms with Gasteiger partial charge in [-0.15, -0.1) is 0 Å². The lowest BCUT2D eigenvalue weighted by molar-refractivity contribution is -0.139. The van der Waals surface area contributed by atoms with E-state index in [4.69, 9.17) is 23.1 Å². The molecule has 350 valence electrons. The molecule has 0 bridgehead atoms. The van der Waals surface area contributed by atoms with Crippen LogP contribution in [0.25, 0.3) is 0 Å². The van der Waals surface area contributed by atoms with Crippen LogP contribution in [-0.2, 0) is 49.6 Å². The van der Waals surface area contributed by atoms with E-state index in [1.165, 1.54) is 19.1 Å². The molecule has 6 atom stereocenters. The van der Waals surface area contributed by atoms with Crippen molar-refractivity contribution < 1.29 is 63.6 Å². The summed E-state index contributed by atoms with van der Waals surface area (Å²) in [6, 6.07) is 4.91. The topological polar surface area (TPSA) is 345 Å². The predicted octanol–water partition coefficient (Wildman–Crippen LogP) is -1.22. The maximum absolute atomic E-state index is 13.8. The van der Waals surface area contributed by atoms with Crippen LogP contribution in [-0.4, -0.2) is 128 Å². The van der Waals surface area contributed by atoms with E-state index in [1.54, 1.807) is 38.1 Å². The second-order valence-corrected chi connectivity index (χ2v) is 15.8. The van der Waals surface area contributed by atoms with Crippen LogP contribution < -0.4 is 43.0 Å². The van der Waals surface area contributed by atoms with E-state index in [0.717, 1.165) is 5.56 Å². The highest BCUT2D eigenvalue weighted by atomic mass is 32.1. The average molecular weight is 915 g/mol. The van der Waals surface area contributed by atoms with Crippen molar-refractivity contribution in [3.05, 3.63) is 65.2 Å². The van der Waals surface area contributed by atoms with Crippen LogP contribution in [0.15, 0.2) is 48.5 Å². The van der Waals surface area contributed by atoms with Gasteiger partial charge < -0.3 is 63.4 Å². The number of aliphatic carboxylic acids is 2. The lowest BCUT2D eigenvalue weighted by Gasteiger charge is -2.27. The Morgan fingerprint density at radius 1 is 0.625 bits per heavy atom. The number of carbonyl (C=O) groups excluding carboxylic acids is 7. The van der Waals surface area contributed by atoms with Gasteiger partial charge in [-0.2, -0.15) is 0 Å². The van der Waals surface area contributed by atoms with Crippen LogP contribution in [0.1, 0.15) is 76.0 Å². The number of carbonyl (C=O) groups is 9. The first kappa shape index (κ1) is 53.5. The third-order valence-corrected chi connectivity index (χ3v) is 9.88. The molecule has 0 saturated heterocycles. The normalized spacial score (nSPS) is 13.7. The quantitative estimate of drug-likeness (QED) is 0.0468. The SMILES string of the molecule is Cc1ccc(C(=S)N[C@@H](C)C(=O)NCC(=O)N[C@@H](CCC(=O)O)C(=O)N[C@@H](CO)C(=O)N[C@@H](CC(C)C)C(=O)N[C@@H](CCc2ccc(O)cc2)C(=O)N[C@@H](CCC(=O)O)C(N)=O)cc1. The largest absolute Gasteiger partial charge is 0.508 e. The maximum Gasteiger partial charge on any atom is 0.303 e. The number of aromatic hydroxyl groups is 1. The van der Waals surface area contributed by atoms with Gasteiger partial charge >= 0.3 is 11.9 Å². The number of phenols is 1. The Kier molecular flexibility index (Phi) is 22.3. The fraction of sp³-hybridized carbons (Fsp3) is 0.476. The molecule has 22 heteroatoms. The van der Waals surface area contributed by atoms with Crippen LogP contribution in [0.2, 0.25) is 0 Å². The van der Waals surface area contributed by atoms with E-state index >= 15 is 0 Å². The fourth-order valence-electron chi connectivity index (χ4n) is 5.94. The fourth-order valence-corrected chi connectivity index (χ4v) is 6.25. The molecule has 0 aliphatic heterocycles. The number of nitrogens with one attached hydrogen (secondary N) is 7. The molecule has 7 amide bonds. The second-order valence-electron chi connectivity index (χ2n) is 15.4. The number of nitrogens with two attached hydrogens (primary N) is 1. The van der Waals surface area contributed by atoms with E-state index in [0.29, 0.717) is 11.1 Å². The summed E-state index contributed by atoms with van der Waals surface area (Å²) in [4.78, 5) is 115. The van der Waals surface area contributed by atoms with Gasteiger partial charge in [0.1, 0.15) is 47.0 Å². The van der Waals surface area contributed by atoms with Crippen molar-refractivity contribution in [2.45, 2.75) is 109 Å². The Labute approximate surface area is 375 Å². The molecule has 0 heterocycles. The Morgan fingerprint density at radius 3 is 1.64 bits per heavy atom. The maximum atomic E-state index is 13.8. The van der Waals surface area contributed by atoms with Gasteiger partial charge in [-0.1, -0.05) is 68.0 Å². The Bertz CT molecular complexity index is 1980. The lowest BCUT2D eigenvalue weighted by atomic mass is 10.00. The summed E-state index contributed by atoms with van der Waals surface area (Å²) >= 11 is 5.36. The van der Waals surface area contributed by atoms with Crippen LogP contribution in [0.5, 0.6) is 5.75 Å². The molecule has 0 fully saturated rings. The highest BCUT2D eigenvalue weighted by molar-refractivity contribution is 7.80. The number of amides is 7. The number of primary amides is 1. The zero-order valence-electron chi connectivity index (χ0n) is 36.0. The van der Waals surface area contributed by atoms with Crippen molar-refractivity contribution in [1.29, 1.82) is 0 Å². The molecule has 64 heavy (non-hydrogen) atoms. The number of aliphatic hydroxyl groups is 1. The van der Waals surface area contributed by atoms with Crippen LogP contribution >= 0.6 is 12.2 Å². The van der Waals surface area contributed by atoms with Gasteiger partial charge in [-0.25, -0.2) is 0 Å². The van der Waals surface area contributed by atoms with Crippen LogP contribution in [0, 0.1) is 12.8 Å². The molecular weight excluding hydrogens is 857 g/mol. The molecule has 0 aliphatic rings. The number of carboxylic acids is 2. The number of phenolic OH excluding ortho intramolecular Hbond substituents is 1. The van der Waals surface area contributed by atoms with Gasteiger partial charge in [0.05, 0.1) is 13.2 Å².